The predicted octanol–water partition coefficient (Wildman–Crippen LogP) is 3.23. The molecule has 1 radical (unpaired) electrons. The maximum atomic E-state index is 5.67. The number of hydrogen-bond acceptors (Lipinski definition) is 2. The van der Waals surface area contributed by atoms with Crippen LogP contribution in [0.25, 0.3) is 0 Å². The van der Waals surface area contributed by atoms with E-state index in [0.717, 1.165) is 17.9 Å². The molecule has 0 unspecified atom stereocenters. The van der Waals surface area contributed by atoms with Crippen LogP contribution in [0.2, 0.25) is 0 Å². The number of methoxy groups -OCH3 is 1. The van der Waals surface area contributed by atoms with Crippen LogP contribution in [0, 0.1) is 6.42 Å². The zero-order valence-corrected chi connectivity index (χ0v) is 9.35. The second kappa shape index (κ2) is 5.40. The fraction of sp³-hybridized carbons (Fsp3) is 0.214. The molecule has 0 spiro atoms. The third kappa shape index (κ3) is 2.89. The lowest BCUT2D eigenvalue weighted by Gasteiger charge is -2.13. The van der Waals surface area contributed by atoms with Crippen molar-refractivity contribution >= 4 is 0 Å². The number of ether oxygens (including phenoxy) is 2. The Hall–Kier alpha value is -1.70. The highest BCUT2D eigenvalue weighted by atomic mass is 16.5. The average molecular weight is 215 g/mol. The molecule has 0 fully saturated rings. The van der Waals surface area contributed by atoms with Crippen molar-refractivity contribution < 1.29 is 9.47 Å². The van der Waals surface area contributed by atoms with Gasteiger partial charge in [-0.1, -0.05) is 30.3 Å². The third-order valence-electron chi connectivity index (χ3n) is 2.41. The fourth-order valence-electron chi connectivity index (χ4n) is 1.53. The minimum absolute atomic E-state index is 0.591. The summed E-state index contributed by atoms with van der Waals surface area (Å²) in [4.78, 5) is 0. The highest BCUT2D eigenvalue weighted by molar-refractivity contribution is 5.26. The van der Waals surface area contributed by atoms with Gasteiger partial charge in [-0.25, -0.2) is 0 Å². The van der Waals surface area contributed by atoms with Gasteiger partial charge in [0.1, 0.15) is 12.4 Å². The first-order chi connectivity index (χ1) is 7.88. The number of hydrogen-bond donors (Lipinski definition) is 0. The molecule has 83 valence electrons. The van der Waals surface area contributed by atoms with E-state index in [1.165, 1.54) is 5.56 Å². The summed E-state index contributed by atoms with van der Waals surface area (Å²) in [6.45, 7) is 0.591. The smallest absolute Gasteiger partial charge is 0.119 e. The molecule has 16 heavy (non-hydrogen) atoms. The largest absolute Gasteiger partial charge is 0.501 e. The predicted molar refractivity (Wildman–Crippen MR) is 63.3 cm³/mol. The van der Waals surface area contributed by atoms with Gasteiger partial charge < -0.3 is 9.47 Å². The van der Waals surface area contributed by atoms with Crippen molar-refractivity contribution in [2.24, 2.45) is 0 Å². The van der Waals surface area contributed by atoms with Gasteiger partial charge in [0, 0.05) is 12.5 Å². The molecule has 2 nitrogen and oxygen atoms in total. The van der Waals surface area contributed by atoms with Crippen molar-refractivity contribution in [3.05, 3.63) is 66.0 Å². The lowest BCUT2D eigenvalue weighted by Crippen LogP contribution is -1.99. The Morgan fingerprint density at radius 1 is 1.19 bits per heavy atom. The van der Waals surface area contributed by atoms with Crippen molar-refractivity contribution in [3.8, 4) is 0 Å². The highest BCUT2D eigenvalue weighted by Gasteiger charge is 2.06. The maximum absolute atomic E-state index is 5.67. The Morgan fingerprint density at radius 3 is 2.75 bits per heavy atom. The highest BCUT2D eigenvalue weighted by Crippen LogP contribution is 2.18. The first kappa shape index (κ1) is 10.8. The summed E-state index contributed by atoms with van der Waals surface area (Å²) in [5.74, 6) is 1.79. The normalized spacial score (nSPS) is 15.1. The first-order valence-corrected chi connectivity index (χ1v) is 5.33. The molecule has 0 saturated carbocycles. The van der Waals surface area contributed by atoms with Crippen LogP contribution in [0.5, 0.6) is 0 Å². The minimum Gasteiger partial charge on any atom is -0.501 e. The first-order valence-electron chi connectivity index (χ1n) is 5.33. The maximum Gasteiger partial charge on any atom is 0.119 e. The summed E-state index contributed by atoms with van der Waals surface area (Å²) in [5, 5.41) is 0. The van der Waals surface area contributed by atoms with Gasteiger partial charge in [0.15, 0.2) is 0 Å². The minimum atomic E-state index is 0.591. The van der Waals surface area contributed by atoms with E-state index in [2.05, 4.69) is 0 Å². The molecule has 1 aromatic rings. The fourth-order valence-corrected chi connectivity index (χ4v) is 1.53. The van der Waals surface area contributed by atoms with Crippen LogP contribution >= 0.6 is 0 Å². The molecular weight excluding hydrogens is 200 g/mol. The van der Waals surface area contributed by atoms with Crippen molar-refractivity contribution in [1.29, 1.82) is 0 Å². The van der Waals surface area contributed by atoms with E-state index in [0.29, 0.717) is 6.61 Å². The number of allylic oxidation sites excluding steroid dienone is 3. The SMILES string of the molecule is COC1=CC(OCc2ccccc2)=C[CH]C1. The van der Waals surface area contributed by atoms with Crippen molar-refractivity contribution in [2.75, 3.05) is 7.11 Å². The standard InChI is InChI=1S/C14H15O2/c1-15-13-8-5-9-14(10-13)16-11-12-6-3-2-4-7-12/h2-7,9-10H,8,11H2,1H3. The molecule has 1 aromatic carbocycles. The van der Waals surface area contributed by atoms with E-state index < -0.39 is 0 Å². The van der Waals surface area contributed by atoms with Gasteiger partial charge in [0.25, 0.3) is 0 Å². The summed E-state index contributed by atoms with van der Waals surface area (Å²) in [6.07, 6.45) is 6.79. The molecule has 0 saturated heterocycles. The molecule has 2 rings (SSSR count). The molecule has 0 N–H and O–H groups in total. The summed E-state index contributed by atoms with van der Waals surface area (Å²) >= 11 is 0. The van der Waals surface area contributed by atoms with Crippen LogP contribution in [0.4, 0.5) is 0 Å². The van der Waals surface area contributed by atoms with Crippen LogP contribution in [0.15, 0.2) is 54.0 Å². The number of benzene rings is 1. The van der Waals surface area contributed by atoms with E-state index in [1.54, 1.807) is 7.11 Å². The average Bonchev–Trinajstić information content (AvgIpc) is 2.38. The van der Waals surface area contributed by atoms with Crippen molar-refractivity contribution in [1.82, 2.24) is 0 Å². The summed E-state index contributed by atoms with van der Waals surface area (Å²) < 4.78 is 10.9. The van der Waals surface area contributed by atoms with Gasteiger partial charge in [0.05, 0.1) is 12.9 Å². The van der Waals surface area contributed by atoms with Gasteiger partial charge >= 0.3 is 0 Å². The Bertz CT molecular complexity index is 390. The summed E-state index contributed by atoms with van der Waals surface area (Å²) in [6, 6.07) is 10.1. The molecule has 0 aliphatic heterocycles. The van der Waals surface area contributed by atoms with Gasteiger partial charge in [-0.3, -0.25) is 0 Å². The zero-order chi connectivity index (χ0) is 11.2. The van der Waals surface area contributed by atoms with Gasteiger partial charge in [0.2, 0.25) is 0 Å². The van der Waals surface area contributed by atoms with E-state index in [-0.39, 0.29) is 0 Å². The molecule has 0 bridgehead atoms. The van der Waals surface area contributed by atoms with Crippen LogP contribution in [0.3, 0.4) is 0 Å². The second-order valence-electron chi connectivity index (χ2n) is 3.60. The molecule has 1 aliphatic carbocycles. The van der Waals surface area contributed by atoms with E-state index in [4.69, 9.17) is 9.47 Å². The van der Waals surface area contributed by atoms with Gasteiger partial charge in [-0.2, -0.15) is 0 Å². The van der Waals surface area contributed by atoms with Crippen LogP contribution in [0.1, 0.15) is 12.0 Å². The topological polar surface area (TPSA) is 18.5 Å². The summed E-state index contributed by atoms with van der Waals surface area (Å²) in [5.41, 5.74) is 1.17. The van der Waals surface area contributed by atoms with Gasteiger partial charge in [-0.05, 0) is 18.1 Å². The monoisotopic (exact) mass is 215 g/mol. The second-order valence-corrected chi connectivity index (χ2v) is 3.60. The molecule has 0 aromatic heterocycles. The Kier molecular flexibility index (Phi) is 3.65. The Labute approximate surface area is 96.2 Å². The molecule has 0 heterocycles. The Balaban J connectivity index is 1.91. The van der Waals surface area contributed by atoms with Gasteiger partial charge in [-0.15, -0.1) is 0 Å². The van der Waals surface area contributed by atoms with E-state index in [1.807, 2.05) is 48.9 Å². The van der Waals surface area contributed by atoms with Crippen LogP contribution in [-0.4, -0.2) is 7.11 Å². The Morgan fingerprint density at radius 2 is 2.00 bits per heavy atom. The number of rotatable bonds is 4. The third-order valence-corrected chi connectivity index (χ3v) is 2.41. The van der Waals surface area contributed by atoms with E-state index >= 15 is 0 Å². The molecular formula is C14H15O2. The quantitative estimate of drug-likeness (QED) is 0.767. The molecule has 1 aliphatic rings. The summed E-state index contributed by atoms with van der Waals surface area (Å²) in [7, 11) is 1.68. The lowest BCUT2D eigenvalue weighted by molar-refractivity contribution is 0.203. The van der Waals surface area contributed by atoms with E-state index in [9.17, 15) is 0 Å². The van der Waals surface area contributed by atoms with Crippen LogP contribution in [-0.2, 0) is 16.1 Å². The lowest BCUT2D eigenvalue weighted by atomic mass is 10.1. The van der Waals surface area contributed by atoms with Crippen molar-refractivity contribution in [2.45, 2.75) is 13.0 Å². The van der Waals surface area contributed by atoms with Crippen LogP contribution < -0.4 is 0 Å². The molecule has 0 atom stereocenters. The molecule has 2 heteroatoms. The molecule has 0 amide bonds. The van der Waals surface area contributed by atoms with Crippen molar-refractivity contribution in [3.63, 3.8) is 0 Å². The zero-order valence-electron chi connectivity index (χ0n) is 9.35.